The first-order valence-electron chi connectivity index (χ1n) is 7.85. The number of nitrogens with one attached hydrogen (secondary N) is 1. The minimum atomic E-state index is -0.309. The van der Waals surface area contributed by atoms with Gasteiger partial charge < -0.3 is 10.1 Å². The largest absolute Gasteiger partial charge is 0.372 e. The Bertz CT molecular complexity index is 483. The van der Waals surface area contributed by atoms with E-state index >= 15 is 0 Å². The number of hydrogen-bond donors (Lipinski definition) is 1. The van der Waals surface area contributed by atoms with Crippen LogP contribution in [0.3, 0.4) is 0 Å². The molecule has 1 fully saturated rings. The van der Waals surface area contributed by atoms with Gasteiger partial charge in [0.2, 0.25) is 0 Å². The molecule has 2 rings (SSSR count). The zero-order chi connectivity index (χ0) is 15.5. The second-order valence-electron chi connectivity index (χ2n) is 6.11. The van der Waals surface area contributed by atoms with Crippen molar-refractivity contribution < 1.29 is 4.74 Å². The van der Waals surface area contributed by atoms with E-state index in [2.05, 4.69) is 41.8 Å². The second kappa shape index (κ2) is 7.22. The Kier molecular flexibility index (Phi) is 5.82. The Morgan fingerprint density at radius 1 is 1.14 bits per heavy atom. The number of halogens is 1. The van der Waals surface area contributed by atoms with E-state index in [1.165, 1.54) is 25.7 Å². The zero-order valence-corrected chi connectivity index (χ0v) is 15.7. The van der Waals surface area contributed by atoms with E-state index in [1.807, 2.05) is 7.05 Å². The molecule has 1 aliphatic rings. The minimum absolute atomic E-state index is 0.309. The van der Waals surface area contributed by atoms with Crippen molar-refractivity contribution in [3.8, 4) is 0 Å². The summed E-state index contributed by atoms with van der Waals surface area (Å²) in [7, 11) is 3.73. The average Bonchev–Trinajstić information content (AvgIpc) is 2.73. The number of anilines is 1. The summed E-state index contributed by atoms with van der Waals surface area (Å²) in [5.74, 6) is 2.16. The fraction of sp³-hybridized carbons (Fsp3) is 0.750. The fourth-order valence-corrected chi connectivity index (χ4v) is 4.17. The molecule has 1 saturated carbocycles. The van der Waals surface area contributed by atoms with E-state index in [1.54, 1.807) is 7.11 Å². The molecule has 0 aliphatic heterocycles. The van der Waals surface area contributed by atoms with Gasteiger partial charge in [0, 0.05) is 14.2 Å². The van der Waals surface area contributed by atoms with Gasteiger partial charge in [-0.25, -0.2) is 9.97 Å². The number of rotatable bonds is 4. The molecule has 0 radical (unpaired) electrons. The van der Waals surface area contributed by atoms with Crippen molar-refractivity contribution in [2.24, 2.45) is 0 Å². The van der Waals surface area contributed by atoms with Gasteiger partial charge in [-0.05, 0) is 41.4 Å². The highest BCUT2D eigenvalue weighted by Gasteiger charge is 2.37. The van der Waals surface area contributed by atoms with Gasteiger partial charge in [0.15, 0.2) is 5.82 Å². The summed E-state index contributed by atoms with van der Waals surface area (Å²) in [5, 5.41) is 3.21. The molecule has 118 valence electrons. The summed E-state index contributed by atoms with van der Waals surface area (Å²) < 4.78 is 7.08. The SMILES string of the molecule is CNc1nc(C2(OC)CCCCCC2)nc(C(C)C)c1I. The monoisotopic (exact) mass is 403 g/mol. The van der Waals surface area contributed by atoms with Crippen LogP contribution in [0.4, 0.5) is 5.82 Å². The summed E-state index contributed by atoms with van der Waals surface area (Å²) in [6.45, 7) is 4.36. The third-order valence-electron chi connectivity index (χ3n) is 4.37. The van der Waals surface area contributed by atoms with Crippen molar-refractivity contribution in [2.45, 2.75) is 63.9 Å². The number of aromatic nitrogens is 2. The Morgan fingerprint density at radius 3 is 2.24 bits per heavy atom. The number of ether oxygens (including phenoxy) is 1. The van der Waals surface area contributed by atoms with Crippen LogP contribution in [0.2, 0.25) is 0 Å². The summed E-state index contributed by atoms with van der Waals surface area (Å²) in [6.07, 6.45) is 6.98. The number of methoxy groups -OCH3 is 1. The number of nitrogens with zero attached hydrogens (tertiary/aromatic N) is 2. The van der Waals surface area contributed by atoms with Crippen LogP contribution < -0.4 is 5.32 Å². The summed E-state index contributed by atoms with van der Waals surface area (Å²) in [4.78, 5) is 9.69. The molecular weight excluding hydrogens is 377 g/mol. The molecule has 0 bridgehead atoms. The van der Waals surface area contributed by atoms with E-state index in [0.717, 1.165) is 33.7 Å². The topological polar surface area (TPSA) is 47.0 Å². The highest BCUT2D eigenvalue weighted by atomic mass is 127. The van der Waals surface area contributed by atoms with Crippen LogP contribution in [0.15, 0.2) is 0 Å². The molecule has 0 atom stereocenters. The smallest absolute Gasteiger partial charge is 0.162 e. The highest BCUT2D eigenvalue weighted by molar-refractivity contribution is 14.1. The second-order valence-corrected chi connectivity index (χ2v) is 7.19. The lowest BCUT2D eigenvalue weighted by molar-refractivity contribution is -0.0352. The van der Waals surface area contributed by atoms with Crippen molar-refractivity contribution in [1.82, 2.24) is 9.97 Å². The van der Waals surface area contributed by atoms with E-state index in [-0.39, 0.29) is 5.60 Å². The quantitative estimate of drug-likeness (QED) is 0.597. The van der Waals surface area contributed by atoms with Gasteiger partial charge in [-0.15, -0.1) is 0 Å². The molecule has 1 aromatic heterocycles. The summed E-state index contributed by atoms with van der Waals surface area (Å²) in [6, 6.07) is 0. The van der Waals surface area contributed by atoms with Crippen LogP contribution in [0, 0.1) is 3.57 Å². The maximum absolute atomic E-state index is 5.96. The van der Waals surface area contributed by atoms with Gasteiger partial charge in [-0.2, -0.15) is 0 Å². The molecule has 0 amide bonds. The van der Waals surface area contributed by atoms with Crippen molar-refractivity contribution in [1.29, 1.82) is 0 Å². The van der Waals surface area contributed by atoms with E-state index in [9.17, 15) is 0 Å². The Morgan fingerprint density at radius 2 is 1.76 bits per heavy atom. The zero-order valence-electron chi connectivity index (χ0n) is 13.5. The number of hydrogen-bond acceptors (Lipinski definition) is 4. The average molecular weight is 403 g/mol. The molecule has 4 nitrogen and oxygen atoms in total. The van der Waals surface area contributed by atoms with Crippen molar-refractivity contribution in [2.75, 3.05) is 19.5 Å². The predicted octanol–water partition coefficient (Wildman–Crippen LogP) is 4.44. The van der Waals surface area contributed by atoms with Gasteiger partial charge in [0.1, 0.15) is 11.4 Å². The Balaban J connectivity index is 2.52. The maximum atomic E-state index is 5.96. The van der Waals surface area contributed by atoms with E-state index in [0.29, 0.717) is 5.92 Å². The van der Waals surface area contributed by atoms with Gasteiger partial charge in [-0.3, -0.25) is 0 Å². The van der Waals surface area contributed by atoms with Crippen molar-refractivity contribution in [3.63, 3.8) is 0 Å². The van der Waals surface area contributed by atoms with Crippen LogP contribution in [0.25, 0.3) is 0 Å². The predicted molar refractivity (Wildman–Crippen MR) is 94.8 cm³/mol. The highest BCUT2D eigenvalue weighted by Crippen LogP contribution is 2.39. The van der Waals surface area contributed by atoms with Gasteiger partial charge in [0.25, 0.3) is 0 Å². The van der Waals surface area contributed by atoms with Crippen LogP contribution in [-0.4, -0.2) is 24.1 Å². The Hall–Kier alpha value is -0.430. The standard InChI is InChI=1S/C16H26IN3O/c1-11(2)13-12(17)14(18-3)20-15(19-13)16(21-4)9-7-5-6-8-10-16/h11H,5-10H2,1-4H3,(H,18,19,20). The lowest BCUT2D eigenvalue weighted by Gasteiger charge is -2.31. The first-order chi connectivity index (χ1) is 10.0. The van der Waals surface area contributed by atoms with Crippen LogP contribution in [-0.2, 0) is 10.3 Å². The molecule has 0 unspecified atom stereocenters. The first kappa shape index (κ1) is 16.9. The molecule has 21 heavy (non-hydrogen) atoms. The molecular formula is C16H26IN3O. The molecule has 1 heterocycles. The van der Waals surface area contributed by atoms with Gasteiger partial charge in [-0.1, -0.05) is 39.5 Å². The van der Waals surface area contributed by atoms with Crippen molar-refractivity contribution in [3.05, 3.63) is 15.1 Å². The van der Waals surface area contributed by atoms with E-state index < -0.39 is 0 Å². The third kappa shape index (κ3) is 3.50. The first-order valence-corrected chi connectivity index (χ1v) is 8.93. The molecule has 1 N–H and O–H groups in total. The van der Waals surface area contributed by atoms with Gasteiger partial charge >= 0.3 is 0 Å². The van der Waals surface area contributed by atoms with Crippen molar-refractivity contribution >= 4 is 28.4 Å². The van der Waals surface area contributed by atoms with Crippen LogP contribution in [0.5, 0.6) is 0 Å². The molecule has 1 aliphatic carbocycles. The molecule has 5 heteroatoms. The fourth-order valence-electron chi connectivity index (χ4n) is 3.04. The molecule has 0 saturated heterocycles. The van der Waals surface area contributed by atoms with Crippen LogP contribution >= 0.6 is 22.6 Å². The third-order valence-corrected chi connectivity index (χ3v) is 5.43. The summed E-state index contributed by atoms with van der Waals surface area (Å²) in [5.41, 5.74) is 0.807. The normalized spacial score (nSPS) is 18.6. The lowest BCUT2D eigenvalue weighted by Crippen LogP contribution is -2.31. The molecule has 0 aromatic carbocycles. The Labute approximate surface area is 141 Å². The molecule has 1 aromatic rings. The van der Waals surface area contributed by atoms with Gasteiger partial charge in [0.05, 0.1) is 9.26 Å². The summed E-state index contributed by atoms with van der Waals surface area (Å²) >= 11 is 2.34. The van der Waals surface area contributed by atoms with E-state index in [4.69, 9.17) is 14.7 Å². The van der Waals surface area contributed by atoms with Crippen LogP contribution in [0.1, 0.15) is 69.8 Å². The maximum Gasteiger partial charge on any atom is 0.162 e. The lowest BCUT2D eigenvalue weighted by atomic mass is 9.92. The molecule has 0 spiro atoms. The minimum Gasteiger partial charge on any atom is -0.372 e.